The van der Waals surface area contributed by atoms with Crippen LogP contribution < -0.4 is 5.32 Å². The maximum absolute atomic E-state index is 12.1. The van der Waals surface area contributed by atoms with Gasteiger partial charge in [0.15, 0.2) is 5.13 Å². The molecule has 0 saturated carbocycles. The third-order valence-electron chi connectivity index (χ3n) is 3.55. The number of fused-ring (bicyclic) bond motifs is 2. The molecule has 24 heavy (non-hydrogen) atoms. The summed E-state index contributed by atoms with van der Waals surface area (Å²) in [7, 11) is 0. The molecule has 0 spiro atoms. The van der Waals surface area contributed by atoms with Crippen molar-refractivity contribution in [3.8, 4) is 0 Å². The predicted octanol–water partition coefficient (Wildman–Crippen LogP) is 4.50. The van der Waals surface area contributed by atoms with E-state index in [1.54, 1.807) is 6.08 Å². The first-order valence-corrected chi connectivity index (χ1v) is 8.30. The first-order valence-electron chi connectivity index (χ1n) is 7.48. The van der Waals surface area contributed by atoms with Crippen LogP contribution in [-0.4, -0.2) is 15.9 Å². The van der Waals surface area contributed by atoms with Gasteiger partial charge in [-0.1, -0.05) is 47.7 Å². The van der Waals surface area contributed by atoms with E-state index in [2.05, 4.69) is 15.3 Å². The third kappa shape index (κ3) is 3.02. The second-order valence-corrected chi connectivity index (χ2v) is 6.27. The highest BCUT2D eigenvalue weighted by Gasteiger charge is 2.05. The molecule has 0 bridgehead atoms. The highest BCUT2D eigenvalue weighted by Crippen LogP contribution is 2.25. The van der Waals surface area contributed by atoms with E-state index in [1.807, 2.05) is 60.7 Å². The number of para-hydroxylation sites is 2. The molecule has 2 heterocycles. The van der Waals surface area contributed by atoms with E-state index >= 15 is 0 Å². The van der Waals surface area contributed by atoms with Crippen LogP contribution in [0.4, 0.5) is 5.13 Å². The fourth-order valence-corrected chi connectivity index (χ4v) is 3.28. The number of pyridine rings is 1. The van der Waals surface area contributed by atoms with Crippen LogP contribution in [-0.2, 0) is 4.79 Å². The minimum absolute atomic E-state index is 0.219. The van der Waals surface area contributed by atoms with Gasteiger partial charge in [0, 0.05) is 11.5 Å². The smallest absolute Gasteiger partial charge is 0.250 e. The summed E-state index contributed by atoms with van der Waals surface area (Å²) in [5.41, 5.74) is 2.54. The summed E-state index contributed by atoms with van der Waals surface area (Å²) in [6.45, 7) is 0. The number of rotatable bonds is 3. The maximum atomic E-state index is 12.1. The van der Waals surface area contributed by atoms with Crippen LogP contribution in [0.3, 0.4) is 0 Å². The largest absolute Gasteiger partial charge is 0.298 e. The molecule has 0 aliphatic carbocycles. The zero-order chi connectivity index (χ0) is 16.4. The SMILES string of the molecule is O=C(/C=C/c1ccc2ccccc2n1)Nc1nc2ccccc2s1. The number of hydrogen-bond acceptors (Lipinski definition) is 4. The molecule has 4 nitrogen and oxygen atoms in total. The summed E-state index contributed by atoms with van der Waals surface area (Å²) in [5, 5.41) is 4.46. The van der Waals surface area contributed by atoms with Gasteiger partial charge in [0.25, 0.3) is 0 Å². The van der Waals surface area contributed by atoms with Crippen LogP contribution in [0.2, 0.25) is 0 Å². The van der Waals surface area contributed by atoms with Gasteiger partial charge in [0.05, 0.1) is 21.4 Å². The van der Waals surface area contributed by atoms with Gasteiger partial charge in [-0.25, -0.2) is 9.97 Å². The van der Waals surface area contributed by atoms with E-state index in [-0.39, 0.29) is 5.91 Å². The monoisotopic (exact) mass is 331 g/mol. The van der Waals surface area contributed by atoms with Gasteiger partial charge in [-0.2, -0.15) is 0 Å². The lowest BCUT2D eigenvalue weighted by Crippen LogP contribution is -2.07. The van der Waals surface area contributed by atoms with Crippen molar-refractivity contribution in [2.24, 2.45) is 0 Å². The van der Waals surface area contributed by atoms with Gasteiger partial charge in [0.1, 0.15) is 0 Å². The zero-order valence-corrected chi connectivity index (χ0v) is 13.5. The number of aromatic nitrogens is 2. The number of nitrogens with one attached hydrogen (secondary N) is 1. The molecule has 1 N–H and O–H groups in total. The first kappa shape index (κ1) is 14.5. The third-order valence-corrected chi connectivity index (χ3v) is 4.50. The Kier molecular flexibility index (Phi) is 3.76. The molecule has 2 aromatic carbocycles. The Morgan fingerprint density at radius 2 is 1.71 bits per heavy atom. The molecule has 0 atom stereocenters. The van der Waals surface area contributed by atoms with Crippen molar-refractivity contribution in [1.29, 1.82) is 0 Å². The fraction of sp³-hybridized carbons (Fsp3) is 0. The highest BCUT2D eigenvalue weighted by atomic mass is 32.1. The van der Waals surface area contributed by atoms with Crippen LogP contribution in [0, 0.1) is 0 Å². The molecule has 5 heteroatoms. The standard InChI is InChI=1S/C19H13N3OS/c23-18(22-19-21-16-7-3-4-8-17(16)24-19)12-11-14-10-9-13-5-1-2-6-15(13)20-14/h1-12H,(H,21,22,23)/b12-11+. The molecule has 1 amide bonds. The molecule has 0 fully saturated rings. The average molecular weight is 331 g/mol. The number of benzene rings is 2. The number of carbonyl (C=O) groups excluding carboxylic acids is 1. The van der Waals surface area contributed by atoms with Crippen LogP contribution >= 0.6 is 11.3 Å². The number of thiazole rings is 1. The van der Waals surface area contributed by atoms with Gasteiger partial charge < -0.3 is 0 Å². The Hall–Kier alpha value is -3.05. The number of amides is 1. The zero-order valence-electron chi connectivity index (χ0n) is 12.6. The van der Waals surface area contributed by atoms with Crippen molar-refractivity contribution in [2.75, 3.05) is 5.32 Å². The van der Waals surface area contributed by atoms with Crippen molar-refractivity contribution < 1.29 is 4.79 Å². The Morgan fingerprint density at radius 1 is 0.917 bits per heavy atom. The molecule has 0 radical (unpaired) electrons. The van der Waals surface area contributed by atoms with Crippen molar-refractivity contribution >= 4 is 49.6 Å². The van der Waals surface area contributed by atoms with E-state index in [4.69, 9.17) is 0 Å². The molecule has 4 rings (SSSR count). The molecule has 0 unspecified atom stereocenters. The van der Waals surface area contributed by atoms with Crippen LogP contribution in [0.25, 0.3) is 27.2 Å². The minimum Gasteiger partial charge on any atom is -0.298 e. The van der Waals surface area contributed by atoms with Crippen LogP contribution in [0.1, 0.15) is 5.69 Å². The van der Waals surface area contributed by atoms with Crippen molar-refractivity contribution in [3.63, 3.8) is 0 Å². The highest BCUT2D eigenvalue weighted by molar-refractivity contribution is 7.22. The van der Waals surface area contributed by atoms with Crippen molar-refractivity contribution in [3.05, 3.63) is 72.4 Å². The number of anilines is 1. The van der Waals surface area contributed by atoms with Crippen molar-refractivity contribution in [1.82, 2.24) is 9.97 Å². The summed E-state index contributed by atoms with van der Waals surface area (Å²) in [4.78, 5) is 21.0. The molecule has 2 aromatic heterocycles. The van der Waals surface area contributed by atoms with E-state index in [9.17, 15) is 4.79 Å². The Labute approximate surface area is 142 Å². The number of carbonyl (C=O) groups is 1. The summed E-state index contributed by atoms with van der Waals surface area (Å²) in [6, 6.07) is 19.6. The van der Waals surface area contributed by atoms with Gasteiger partial charge in [-0.15, -0.1) is 0 Å². The molecule has 0 aliphatic heterocycles. The lowest BCUT2D eigenvalue weighted by Gasteiger charge is -1.98. The Bertz CT molecular complexity index is 1040. The summed E-state index contributed by atoms with van der Waals surface area (Å²) in [6.07, 6.45) is 3.18. The molecular formula is C19H13N3OS. The second kappa shape index (κ2) is 6.22. The molecule has 0 aliphatic rings. The van der Waals surface area contributed by atoms with Crippen LogP contribution in [0.5, 0.6) is 0 Å². The van der Waals surface area contributed by atoms with Crippen LogP contribution in [0.15, 0.2) is 66.7 Å². The first-order chi connectivity index (χ1) is 11.8. The molecule has 0 saturated heterocycles. The molecular weight excluding hydrogens is 318 g/mol. The van der Waals surface area contributed by atoms with E-state index in [0.717, 1.165) is 26.8 Å². The Balaban J connectivity index is 1.50. The molecule has 4 aromatic rings. The summed E-state index contributed by atoms with van der Waals surface area (Å²) >= 11 is 1.46. The van der Waals surface area contributed by atoms with E-state index in [0.29, 0.717) is 5.13 Å². The number of hydrogen-bond donors (Lipinski definition) is 1. The normalized spacial score (nSPS) is 11.3. The topological polar surface area (TPSA) is 54.9 Å². The summed E-state index contributed by atoms with van der Waals surface area (Å²) < 4.78 is 1.05. The van der Waals surface area contributed by atoms with Gasteiger partial charge in [-0.05, 0) is 30.3 Å². The van der Waals surface area contributed by atoms with E-state index < -0.39 is 0 Å². The summed E-state index contributed by atoms with van der Waals surface area (Å²) in [5.74, 6) is -0.219. The number of nitrogens with zero attached hydrogens (tertiary/aromatic N) is 2. The van der Waals surface area contributed by atoms with E-state index in [1.165, 1.54) is 17.4 Å². The van der Waals surface area contributed by atoms with Crippen molar-refractivity contribution in [2.45, 2.75) is 0 Å². The van der Waals surface area contributed by atoms with Gasteiger partial charge in [0.2, 0.25) is 5.91 Å². The maximum Gasteiger partial charge on any atom is 0.250 e. The lowest BCUT2D eigenvalue weighted by molar-refractivity contribution is -0.111. The average Bonchev–Trinajstić information content (AvgIpc) is 3.02. The quantitative estimate of drug-likeness (QED) is 0.563. The predicted molar refractivity (Wildman–Crippen MR) is 99.0 cm³/mol. The molecule has 116 valence electrons. The Morgan fingerprint density at radius 3 is 2.58 bits per heavy atom. The van der Waals surface area contributed by atoms with Gasteiger partial charge >= 0.3 is 0 Å². The van der Waals surface area contributed by atoms with Gasteiger partial charge in [-0.3, -0.25) is 10.1 Å². The second-order valence-electron chi connectivity index (χ2n) is 5.24. The minimum atomic E-state index is -0.219. The lowest BCUT2D eigenvalue weighted by atomic mass is 10.2. The fourth-order valence-electron chi connectivity index (χ4n) is 2.41.